The highest BCUT2D eigenvalue weighted by molar-refractivity contribution is 6.08. The molecule has 1 aliphatic rings. The molecule has 4 heteroatoms. The van der Waals surface area contributed by atoms with Crippen LogP contribution < -0.4 is 14.5 Å². The van der Waals surface area contributed by atoms with E-state index in [0.29, 0.717) is 12.1 Å². The Bertz CT molecular complexity index is 740. The standard InChI is InChI=1S/C21H26N2O2/c1-5-22-16(4)14-23(20-9-7-6-8-19(20)22)21(24)17-10-12-18(13-11-17)25-15(2)3/h6-13,15-16H,5,14H2,1-4H3. The van der Waals surface area contributed by atoms with Gasteiger partial charge in [-0.1, -0.05) is 12.1 Å². The summed E-state index contributed by atoms with van der Waals surface area (Å²) in [6, 6.07) is 15.8. The van der Waals surface area contributed by atoms with Crippen LogP contribution in [-0.2, 0) is 0 Å². The first-order valence-corrected chi connectivity index (χ1v) is 8.95. The summed E-state index contributed by atoms with van der Waals surface area (Å²) < 4.78 is 5.66. The maximum atomic E-state index is 13.1. The molecule has 0 fully saturated rings. The molecule has 1 atom stereocenters. The van der Waals surface area contributed by atoms with E-state index in [1.807, 2.05) is 61.2 Å². The largest absolute Gasteiger partial charge is 0.491 e. The van der Waals surface area contributed by atoms with Crippen LogP contribution in [0.4, 0.5) is 11.4 Å². The summed E-state index contributed by atoms with van der Waals surface area (Å²) in [6.45, 7) is 9.92. The molecule has 1 heterocycles. The summed E-state index contributed by atoms with van der Waals surface area (Å²) in [5, 5.41) is 0. The van der Waals surface area contributed by atoms with Crippen molar-refractivity contribution in [2.24, 2.45) is 0 Å². The van der Waals surface area contributed by atoms with E-state index in [1.165, 1.54) is 0 Å². The predicted octanol–water partition coefficient (Wildman–Crippen LogP) is 4.35. The summed E-state index contributed by atoms with van der Waals surface area (Å²) in [5.41, 5.74) is 2.79. The average Bonchev–Trinajstić information content (AvgIpc) is 2.60. The molecule has 0 spiro atoms. The highest BCUT2D eigenvalue weighted by atomic mass is 16.5. The number of para-hydroxylation sites is 2. The maximum Gasteiger partial charge on any atom is 0.258 e. The Labute approximate surface area is 150 Å². The second-order valence-corrected chi connectivity index (χ2v) is 6.73. The number of ether oxygens (including phenoxy) is 1. The summed E-state index contributed by atoms with van der Waals surface area (Å²) in [6.07, 6.45) is 0.122. The van der Waals surface area contributed by atoms with Gasteiger partial charge in [0.05, 0.1) is 17.5 Å². The van der Waals surface area contributed by atoms with E-state index in [0.717, 1.165) is 23.7 Å². The first kappa shape index (κ1) is 17.3. The van der Waals surface area contributed by atoms with Crippen LogP contribution in [0, 0.1) is 0 Å². The summed E-state index contributed by atoms with van der Waals surface area (Å²) >= 11 is 0. The van der Waals surface area contributed by atoms with E-state index in [-0.39, 0.29) is 18.1 Å². The molecule has 3 rings (SSSR count). The molecule has 132 valence electrons. The van der Waals surface area contributed by atoms with Gasteiger partial charge in [-0.15, -0.1) is 0 Å². The Kier molecular flexibility index (Phi) is 4.98. The molecule has 1 amide bonds. The number of rotatable bonds is 4. The normalized spacial score (nSPS) is 16.8. The molecule has 0 saturated heterocycles. The van der Waals surface area contributed by atoms with Crippen LogP contribution >= 0.6 is 0 Å². The zero-order chi connectivity index (χ0) is 18.0. The number of likely N-dealkylation sites (N-methyl/N-ethyl adjacent to an activating group) is 1. The van der Waals surface area contributed by atoms with Gasteiger partial charge in [-0.2, -0.15) is 0 Å². The maximum absolute atomic E-state index is 13.1. The molecule has 0 N–H and O–H groups in total. The lowest BCUT2D eigenvalue weighted by Gasteiger charge is -2.42. The molecular weight excluding hydrogens is 312 g/mol. The van der Waals surface area contributed by atoms with E-state index in [2.05, 4.69) is 24.8 Å². The minimum atomic E-state index is 0.0335. The van der Waals surface area contributed by atoms with Crippen LogP contribution in [-0.4, -0.2) is 31.1 Å². The predicted molar refractivity (Wildman–Crippen MR) is 103 cm³/mol. The fourth-order valence-corrected chi connectivity index (χ4v) is 3.41. The van der Waals surface area contributed by atoms with Crippen LogP contribution in [0.15, 0.2) is 48.5 Å². The van der Waals surface area contributed by atoms with E-state index >= 15 is 0 Å². The van der Waals surface area contributed by atoms with Gasteiger partial charge in [0.15, 0.2) is 0 Å². The summed E-state index contributed by atoms with van der Waals surface area (Å²) in [5.74, 6) is 0.822. The van der Waals surface area contributed by atoms with Crippen molar-refractivity contribution in [1.29, 1.82) is 0 Å². The van der Waals surface area contributed by atoms with Crippen LogP contribution in [0.25, 0.3) is 0 Å². The van der Waals surface area contributed by atoms with Crippen molar-refractivity contribution >= 4 is 17.3 Å². The summed E-state index contributed by atoms with van der Waals surface area (Å²) in [4.78, 5) is 17.3. The van der Waals surface area contributed by atoms with E-state index in [9.17, 15) is 4.79 Å². The molecule has 0 saturated carbocycles. The van der Waals surface area contributed by atoms with Crippen molar-refractivity contribution in [3.05, 3.63) is 54.1 Å². The van der Waals surface area contributed by atoms with Crippen LogP contribution in [0.3, 0.4) is 0 Å². The van der Waals surface area contributed by atoms with Gasteiger partial charge in [-0.25, -0.2) is 0 Å². The van der Waals surface area contributed by atoms with Crippen molar-refractivity contribution in [3.8, 4) is 5.75 Å². The Hall–Kier alpha value is -2.49. The average molecular weight is 338 g/mol. The minimum absolute atomic E-state index is 0.0335. The molecule has 4 nitrogen and oxygen atoms in total. The van der Waals surface area contributed by atoms with Gasteiger partial charge in [-0.3, -0.25) is 4.79 Å². The number of fused-ring (bicyclic) bond motifs is 1. The Balaban J connectivity index is 1.89. The van der Waals surface area contributed by atoms with Gasteiger partial charge in [0.25, 0.3) is 5.91 Å². The van der Waals surface area contributed by atoms with Crippen LogP contribution in [0.1, 0.15) is 38.1 Å². The number of carbonyl (C=O) groups is 1. The molecule has 1 aliphatic heterocycles. The lowest BCUT2D eigenvalue weighted by molar-refractivity contribution is 0.0984. The lowest BCUT2D eigenvalue weighted by Crippen LogP contribution is -2.49. The smallest absolute Gasteiger partial charge is 0.258 e. The number of carbonyl (C=O) groups excluding carboxylic acids is 1. The van der Waals surface area contributed by atoms with Crippen molar-refractivity contribution in [3.63, 3.8) is 0 Å². The highest BCUT2D eigenvalue weighted by Gasteiger charge is 2.30. The molecule has 0 aliphatic carbocycles. The first-order chi connectivity index (χ1) is 12.0. The van der Waals surface area contributed by atoms with Gasteiger partial charge in [-0.05, 0) is 64.1 Å². The molecule has 0 bridgehead atoms. The van der Waals surface area contributed by atoms with Crippen molar-refractivity contribution < 1.29 is 9.53 Å². The van der Waals surface area contributed by atoms with Gasteiger partial charge in [0.2, 0.25) is 0 Å². The van der Waals surface area contributed by atoms with E-state index in [1.54, 1.807) is 0 Å². The SMILES string of the molecule is CCN1c2ccccc2N(C(=O)c2ccc(OC(C)C)cc2)CC1C. The van der Waals surface area contributed by atoms with E-state index < -0.39 is 0 Å². The van der Waals surface area contributed by atoms with Gasteiger partial charge in [0, 0.05) is 24.7 Å². The topological polar surface area (TPSA) is 32.8 Å². The second kappa shape index (κ2) is 7.18. The highest BCUT2D eigenvalue weighted by Crippen LogP contribution is 2.36. The number of amides is 1. The monoisotopic (exact) mass is 338 g/mol. The number of hydrogen-bond acceptors (Lipinski definition) is 3. The fourth-order valence-electron chi connectivity index (χ4n) is 3.41. The second-order valence-electron chi connectivity index (χ2n) is 6.73. The van der Waals surface area contributed by atoms with E-state index in [4.69, 9.17) is 4.74 Å². The molecule has 2 aromatic carbocycles. The molecular formula is C21H26N2O2. The third-order valence-corrected chi connectivity index (χ3v) is 4.52. The first-order valence-electron chi connectivity index (χ1n) is 8.95. The Morgan fingerprint density at radius 1 is 1.12 bits per heavy atom. The van der Waals surface area contributed by atoms with Gasteiger partial charge < -0.3 is 14.5 Å². The molecule has 1 unspecified atom stereocenters. The molecule has 25 heavy (non-hydrogen) atoms. The molecule has 0 radical (unpaired) electrons. The van der Waals surface area contributed by atoms with Crippen LogP contribution in [0.5, 0.6) is 5.75 Å². The third-order valence-electron chi connectivity index (χ3n) is 4.52. The Morgan fingerprint density at radius 2 is 1.76 bits per heavy atom. The molecule has 0 aromatic heterocycles. The van der Waals surface area contributed by atoms with Crippen LogP contribution in [0.2, 0.25) is 0 Å². The van der Waals surface area contributed by atoms with Gasteiger partial charge >= 0.3 is 0 Å². The Morgan fingerprint density at radius 3 is 2.36 bits per heavy atom. The van der Waals surface area contributed by atoms with Crippen molar-refractivity contribution in [2.45, 2.75) is 39.8 Å². The fraction of sp³-hybridized carbons (Fsp3) is 0.381. The minimum Gasteiger partial charge on any atom is -0.491 e. The quantitative estimate of drug-likeness (QED) is 0.831. The number of anilines is 2. The number of benzene rings is 2. The number of hydrogen-bond donors (Lipinski definition) is 0. The van der Waals surface area contributed by atoms with Gasteiger partial charge in [0.1, 0.15) is 5.75 Å². The lowest BCUT2D eigenvalue weighted by atomic mass is 10.1. The number of nitrogens with zero attached hydrogens (tertiary/aromatic N) is 2. The molecule has 2 aromatic rings. The zero-order valence-electron chi connectivity index (χ0n) is 15.4. The van der Waals surface area contributed by atoms with Crippen molar-refractivity contribution in [1.82, 2.24) is 0 Å². The third kappa shape index (κ3) is 3.48. The van der Waals surface area contributed by atoms with Crippen molar-refractivity contribution in [2.75, 3.05) is 22.9 Å². The zero-order valence-corrected chi connectivity index (χ0v) is 15.4. The summed E-state index contributed by atoms with van der Waals surface area (Å²) in [7, 11) is 0.